The number of benzene rings is 1. The van der Waals surface area contributed by atoms with Crippen molar-refractivity contribution in [2.24, 2.45) is 0 Å². The SMILES string of the molecule is CN(Cn1c(=O)oc2ccc(Cl)cc21)[C@@H]1CCS(=O)(=O)C1. The van der Waals surface area contributed by atoms with E-state index >= 15 is 0 Å². The van der Waals surface area contributed by atoms with Crippen molar-refractivity contribution in [1.82, 2.24) is 9.47 Å². The van der Waals surface area contributed by atoms with E-state index in [1.807, 2.05) is 4.90 Å². The summed E-state index contributed by atoms with van der Waals surface area (Å²) in [7, 11) is -1.15. The summed E-state index contributed by atoms with van der Waals surface area (Å²) in [6.07, 6.45) is 0.587. The number of aromatic nitrogens is 1. The Balaban J connectivity index is 1.90. The lowest BCUT2D eigenvalue weighted by Gasteiger charge is -2.22. The minimum Gasteiger partial charge on any atom is -0.408 e. The van der Waals surface area contributed by atoms with Crippen LogP contribution in [0.1, 0.15) is 6.42 Å². The average Bonchev–Trinajstić information content (AvgIpc) is 2.91. The summed E-state index contributed by atoms with van der Waals surface area (Å²) in [4.78, 5) is 13.8. The van der Waals surface area contributed by atoms with Crippen molar-refractivity contribution in [3.05, 3.63) is 33.8 Å². The zero-order valence-electron chi connectivity index (χ0n) is 11.5. The van der Waals surface area contributed by atoms with Gasteiger partial charge >= 0.3 is 5.76 Å². The lowest BCUT2D eigenvalue weighted by atomic mass is 10.2. The average molecular weight is 331 g/mol. The van der Waals surface area contributed by atoms with Crippen molar-refractivity contribution in [1.29, 1.82) is 0 Å². The van der Waals surface area contributed by atoms with Crippen LogP contribution in [0.25, 0.3) is 11.1 Å². The molecule has 0 aliphatic carbocycles. The Kier molecular flexibility index (Phi) is 3.59. The van der Waals surface area contributed by atoms with Gasteiger partial charge in [-0.15, -0.1) is 0 Å². The highest BCUT2D eigenvalue weighted by molar-refractivity contribution is 7.91. The van der Waals surface area contributed by atoms with Crippen LogP contribution < -0.4 is 5.76 Å². The van der Waals surface area contributed by atoms with Crippen molar-refractivity contribution in [2.75, 3.05) is 18.6 Å². The molecule has 0 amide bonds. The molecule has 0 saturated carbocycles. The van der Waals surface area contributed by atoms with Crippen LogP contribution in [0.3, 0.4) is 0 Å². The van der Waals surface area contributed by atoms with Crippen LogP contribution in [-0.4, -0.2) is 42.5 Å². The number of halogens is 1. The van der Waals surface area contributed by atoms with Crippen LogP contribution in [0, 0.1) is 0 Å². The number of hydrogen-bond acceptors (Lipinski definition) is 5. The molecule has 1 atom stereocenters. The summed E-state index contributed by atoms with van der Waals surface area (Å²) < 4.78 is 29.7. The van der Waals surface area contributed by atoms with E-state index in [4.69, 9.17) is 16.0 Å². The maximum Gasteiger partial charge on any atom is 0.421 e. The molecule has 3 rings (SSSR count). The normalized spacial score (nSPS) is 21.4. The van der Waals surface area contributed by atoms with E-state index in [2.05, 4.69) is 0 Å². The van der Waals surface area contributed by atoms with Gasteiger partial charge in [0.1, 0.15) is 0 Å². The van der Waals surface area contributed by atoms with Crippen LogP contribution in [0.2, 0.25) is 5.02 Å². The number of nitrogens with zero attached hydrogens (tertiary/aromatic N) is 2. The zero-order valence-corrected chi connectivity index (χ0v) is 13.0. The summed E-state index contributed by atoms with van der Waals surface area (Å²) in [5, 5.41) is 0.517. The van der Waals surface area contributed by atoms with Crippen LogP contribution in [-0.2, 0) is 16.5 Å². The van der Waals surface area contributed by atoms with Gasteiger partial charge in [0.15, 0.2) is 15.4 Å². The van der Waals surface area contributed by atoms with Gasteiger partial charge in [0.2, 0.25) is 0 Å². The van der Waals surface area contributed by atoms with Crippen molar-refractivity contribution in [2.45, 2.75) is 19.1 Å². The minimum absolute atomic E-state index is 0.0777. The molecule has 0 spiro atoms. The van der Waals surface area contributed by atoms with E-state index in [-0.39, 0.29) is 24.2 Å². The first kappa shape index (κ1) is 14.6. The lowest BCUT2D eigenvalue weighted by molar-refractivity contribution is 0.204. The fraction of sp³-hybridized carbons (Fsp3) is 0.462. The third-order valence-electron chi connectivity index (χ3n) is 3.83. The lowest BCUT2D eigenvalue weighted by Crippen LogP contribution is -2.36. The predicted octanol–water partition coefficient (Wildman–Crippen LogP) is 1.32. The summed E-state index contributed by atoms with van der Waals surface area (Å²) >= 11 is 5.95. The molecule has 1 fully saturated rings. The Morgan fingerprint density at radius 2 is 2.24 bits per heavy atom. The molecule has 1 aromatic carbocycles. The first-order valence-electron chi connectivity index (χ1n) is 6.55. The van der Waals surface area contributed by atoms with Gasteiger partial charge in [-0.3, -0.25) is 9.47 Å². The van der Waals surface area contributed by atoms with E-state index in [1.54, 1.807) is 25.2 Å². The highest BCUT2D eigenvalue weighted by Gasteiger charge is 2.31. The molecule has 0 radical (unpaired) electrons. The fourth-order valence-corrected chi connectivity index (χ4v) is 4.60. The molecular weight excluding hydrogens is 316 g/mol. The van der Waals surface area contributed by atoms with Crippen LogP contribution in [0.4, 0.5) is 0 Å². The molecule has 0 N–H and O–H groups in total. The van der Waals surface area contributed by atoms with Crippen LogP contribution in [0.5, 0.6) is 0 Å². The van der Waals surface area contributed by atoms with Gasteiger partial charge in [0.25, 0.3) is 0 Å². The van der Waals surface area contributed by atoms with Crippen molar-refractivity contribution >= 4 is 32.5 Å². The first-order valence-corrected chi connectivity index (χ1v) is 8.75. The number of sulfone groups is 1. The number of hydrogen-bond donors (Lipinski definition) is 0. The van der Waals surface area contributed by atoms with Gasteiger partial charge in [-0.2, -0.15) is 0 Å². The molecule has 8 heteroatoms. The summed E-state index contributed by atoms with van der Waals surface area (Å²) in [6, 6.07) is 4.90. The molecule has 6 nitrogen and oxygen atoms in total. The third kappa shape index (κ3) is 2.86. The standard InChI is InChI=1S/C13H15ClN2O4S/c1-15(10-4-5-21(18,19)7-10)8-16-11-6-9(14)2-3-12(11)20-13(16)17/h2-3,6,10H,4-5,7-8H2,1H3/t10-/m1/s1. The molecule has 2 heterocycles. The molecule has 0 unspecified atom stereocenters. The quantitative estimate of drug-likeness (QED) is 0.848. The van der Waals surface area contributed by atoms with Crippen molar-refractivity contribution < 1.29 is 12.8 Å². The first-order chi connectivity index (χ1) is 9.85. The largest absolute Gasteiger partial charge is 0.421 e. The molecule has 1 aromatic heterocycles. The molecule has 0 bridgehead atoms. The Morgan fingerprint density at radius 1 is 1.48 bits per heavy atom. The fourth-order valence-electron chi connectivity index (χ4n) is 2.63. The molecule has 2 aromatic rings. The Labute approximate surface area is 126 Å². The van der Waals surface area contributed by atoms with Gasteiger partial charge < -0.3 is 4.42 Å². The number of rotatable bonds is 3. The van der Waals surface area contributed by atoms with Gasteiger partial charge in [-0.05, 0) is 31.7 Å². The van der Waals surface area contributed by atoms with E-state index in [9.17, 15) is 13.2 Å². The molecular formula is C13H15ClN2O4S. The van der Waals surface area contributed by atoms with E-state index in [0.717, 1.165) is 0 Å². The second-order valence-electron chi connectivity index (χ2n) is 5.36. The topological polar surface area (TPSA) is 72.5 Å². The molecule has 1 saturated heterocycles. The predicted molar refractivity (Wildman–Crippen MR) is 80.3 cm³/mol. The van der Waals surface area contributed by atoms with Crippen LogP contribution in [0.15, 0.2) is 27.4 Å². The Hall–Kier alpha value is -1.31. The van der Waals surface area contributed by atoms with Gasteiger partial charge in [0.05, 0.1) is 23.7 Å². The van der Waals surface area contributed by atoms with E-state index in [0.29, 0.717) is 22.5 Å². The monoisotopic (exact) mass is 330 g/mol. The Bertz CT molecular complexity index is 839. The zero-order chi connectivity index (χ0) is 15.2. The smallest absolute Gasteiger partial charge is 0.408 e. The highest BCUT2D eigenvalue weighted by Crippen LogP contribution is 2.21. The summed E-state index contributed by atoms with van der Waals surface area (Å²) in [6.45, 7) is 0.270. The summed E-state index contributed by atoms with van der Waals surface area (Å²) in [5.74, 6) is -0.135. The minimum atomic E-state index is -2.95. The van der Waals surface area contributed by atoms with E-state index < -0.39 is 15.6 Å². The number of fused-ring (bicyclic) bond motifs is 1. The van der Waals surface area contributed by atoms with Crippen LogP contribution >= 0.6 is 11.6 Å². The van der Waals surface area contributed by atoms with Gasteiger partial charge in [-0.1, -0.05) is 11.6 Å². The highest BCUT2D eigenvalue weighted by atomic mass is 35.5. The maximum atomic E-state index is 11.9. The summed E-state index contributed by atoms with van der Waals surface area (Å²) in [5.41, 5.74) is 1.08. The molecule has 1 aliphatic heterocycles. The number of oxazole rings is 1. The molecule has 1 aliphatic rings. The maximum absolute atomic E-state index is 11.9. The second-order valence-corrected chi connectivity index (χ2v) is 8.03. The van der Waals surface area contributed by atoms with Gasteiger partial charge in [0, 0.05) is 11.1 Å². The second kappa shape index (κ2) is 5.15. The van der Waals surface area contributed by atoms with E-state index in [1.165, 1.54) is 4.57 Å². The molecule has 114 valence electrons. The Morgan fingerprint density at radius 3 is 2.90 bits per heavy atom. The van der Waals surface area contributed by atoms with Crippen molar-refractivity contribution in [3.63, 3.8) is 0 Å². The molecule has 21 heavy (non-hydrogen) atoms. The van der Waals surface area contributed by atoms with Crippen molar-refractivity contribution in [3.8, 4) is 0 Å². The van der Waals surface area contributed by atoms with Gasteiger partial charge in [-0.25, -0.2) is 13.2 Å². The third-order valence-corrected chi connectivity index (χ3v) is 5.81.